The molecule has 30 heavy (non-hydrogen) atoms. The molecule has 0 aliphatic heterocycles. The Kier molecular flexibility index (Phi) is 5.75. The van der Waals surface area contributed by atoms with E-state index in [1.807, 2.05) is 67.1 Å². The zero-order valence-corrected chi connectivity index (χ0v) is 17.1. The first-order valence-electron chi connectivity index (χ1n) is 10.1. The Morgan fingerprint density at radius 2 is 1.70 bits per heavy atom. The number of carbonyl (C=O) groups is 1. The van der Waals surface area contributed by atoms with Crippen molar-refractivity contribution >= 4 is 5.97 Å². The first-order chi connectivity index (χ1) is 14.7. The molecule has 4 rings (SSSR count). The largest absolute Gasteiger partial charge is 0.466 e. The molecule has 6 heteroatoms. The maximum atomic E-state index is 12.0. The van der Waals surface area contributed by atoms with Crippen LogP contribution in [0.1, 0.15) is 24.7 Å². The van der Waals surface area contributed by atoms with Gasteiger partial charge in [-0.2, -0.15) is 10.2 Å². The Morgan fingerprint density at radius 1 is 1.03 bits per heavy atom. The topological polar surface area (TPSA) is 72.8 Å². The number of aryl methyl sites for hydroxylation is 2. The highest BCUT2D eigenvalue weighted by molar-refractivity contribution is 5.75. The average Bonchev–Trinajstić information content (AvgIpc) is 3.37. The monoisotopic (exact) mass is 400 g/mol. The summed E-state index contributed by atoms with van der Waals surface area (Å²) in [6.45, 7) is 4.16. The van der Waals surface area contributed by atoms with Gasteiger partial charge in [0.2, 0.25) is 0 Å². The van der Waals surface area contributed by atoms with E-state index in [4.69, 9.17) is 9.84 Å². The number of hydrogen-bond donors (Lipinski definition) is 1. The zero-order valence-electron chi connectivity index (χ0n) is 17.1. The van der Waals surface area contributed by atoms with Gasteiger partial charge in [-0.25, -0.2) is 4.68 Å². The highest BCUT2D eigenvalue weighted by atomic mass is 16.5. The van der Waals surface area contributed by atoms with Gasteiger partial charge in [-0.1, -0.05) is 60.7 Å². The van der Waals surface area contributed by atoms with Crippen molar-refractivity contribution in [3.05, 3.63) is 78.1 Å². The fraction of sp³-hybridized carbons (Fsp3) is 0.208. The molecular formula is C24H24N4O2. The molecule has 0 fully saturated rings. The highest BCUT2D eigenvalue weighted by Gasteiger charge is 2.21. The van der Waals surface area contributed by atoms with Crippen LogP contribution in [0.15, 0.2) is 66.7 Å². The van der Waals surface area contributed by atoms with Crippen LogP contribution in [0.2, 0.25) is 0 Å². The summed E-state index contributed by atoms with van der Waals surface area (Å²) in [4.78, 5) is 12.0. The summed E-state index contributed by atoms with van der Waals surface area (Å²) in [6.07, 6.45) is 0.763. The third kappa shape index (κ3) is 4.03. The summed E-state index contributed by atoms with van der Waals surface area (Å²) in [5.74, 6) is -0.223. The van der Waals surface area contributed by atoms with Crippen LogP contribution in [0.5, 0.6) is 0 Å². The molecular weight excluding hydrogens is 376 g/mol. The van der Waals surface area contributed by atoms with Crippen LogP contribution in [0, 0.1) is 6.92 Å². The van der Waals surface area contributed by atoms with Gasteiger partial charge in [0.05, 0.1) is 30.1 Å². The summed E-state index contributed by atoms with van der Waals surface area (Å²) < 4.78 is 7.03. The van der Waals surface area contributed by atoms with Crippen molar-refractivity contribution in [1.29, 1.82) is 0 Å². The molecule has 152 valence electrons. The minimum Gasteiger partial charge on any atom is -0.466 e. The zero-order chi connectivity index (χ0) is 20.9. The Hall–Kier alpha value is -3.67. The molecule has 0 bridgehead atoms. The van der Waals surface area contributed by atoms with E-state index in [0.29, 0.717) is 13.0 Å². The lowest BCUT2D eigenvalue weighted by atomic mass is 10.1. The molecule has 0 aliphatic carbocycles. The summed E-state index contributed by atoms with van der Waals surface area (Å²) in [5, 5.41) is 12.5. The number of carbonyl (C=O) groups excluding carboxylic acids is 1. The van der Waals surface area contributed by atoms with Crippen molar-refractivity contribution in [3.8, 4) is 28.2 Å². The Morgan fingerprint density at radius 3 is 2.37 bits per heavy atom. The fourth-order valence-electron chi connectivity index (χ4n) is 3.52. The Balaban J connectivity index is 1.84. The number of aromatic nitrogens is 4. The van der Waals surface area contributed by atoms with Crippen molar-refractivity contribution < 1.29 is 9.53 Å². The van der Waals surface area contributed by atoms with Gasteiger partial charge in [0.1, 0.15) is 11.4 Å². The third-order valence-electron chi connectivity index (χ3n) is 4.86. The van der Waals surface area contributed by atoms with E-state index in [0.717, 1.165) is 39.6 Å². The van der Waals surface area contributed by atoms with E-state index in [2.05, 4.69) is 28.4 Å². The van der Waals surface area contributed by atoms with Gasteiger partial charge in [0.15, 0.2) is 0 Å². The number of ether oxygens (including phenoxy) is 1. The van der Waals surface area contributed by atoms with Crippen molar-refractivity contribution in [3.63, 3.8) is 0 Å². The van der Waals surface area contributed by atoms with E-state index in [1.54, 1.807) is 0 Å². The van der Waals surface area contributed by atoms with E-state index >= 15 is 0 Å². The van der Waals surface area contributed by atoms with Crippen LogP contribution < -0.4 is 0 Å². The van der Waals surface area contributed by atoms with Gasteiger partial charge in [-0.15, -0.1) is 0 Å². The van der Waals surface area contributed by atoms with E-state index < -0.39 is 0 Å². The first kappa shape index (κ1) is 19.6. The molecule has 0 spiro atoms. The van der Waals surface area contributed by atoms with Crippen molar-refractivity contribution in [2.24, 2.45) is 0 Å². The summed E-state index contributed by atoms with van der Waals surface area (Å²) in [6, 6.07) is 22.2. The SMILES string of the molecule is CCOC(=O)CCc1[nH]nc(-c2ccccc2)c1-n1nc(C)cc1-c1ccccc1. The number of nitrogens with one attached hydrogen (secondary N) is 1. The van der Waals surface area contributed by atoms with Gasteiger partial charge >= 0.3 is 5.97 Å². The molecule has 1 N–H and O–H groups in total. The number of esters is 1. The van der Waals surface area contributed by atoms with Gasteiger partial charge in [0.25, 0.3) is 0 Å². The second-order valence-electron chi connectivity index (χ2n) is 7.02. The molecule has 6 nitrogen and oxygen atoms in total. The third-order valence-corrected chi connectivity index (χ3v) is 4.86. The second kappa shape index (κ2) is 8.78. The minimum absolute atomic E-state index is 0.223. The molecule has 4 aromatic rings. The van der Waals surface area contributed by atoms with Crippen LogP contribution in [0.3, 0.4) is 0 Å². The lowest BCUT2D eigenvalue weighted by Crippen LogP contribution is -2.08. The average molecular weight is 400 g/mol. The molecule has 0 amide bonds. The number of benzene rings is 2. The number of rotatable bonds is 7. The predicted molar refractivity (Wildman–Crippen MR) is 116 cm³/mol. The number of aromatic amines is 1. The van der Waals surface area contributed by atoms with Crippen molar-refractivity contribution in [2.45, 2.75) is 26.7 Å². The van der Waals surface area contributed by atoms with Crippen LogP contribution in [0.25, 0.3) is 28.2 Å². The lowest BCUT2D eigenvalue weighted by Gasteiger charge is -2.11. The smallest absolute Gasteiger partial charge is 0.306 e. The summed E-state index contributed by atoms with van der Waals surface area (Å²) in [5.41, 5.74) is 6.44. The summed E-state index contributed by atoms with van der Waals surface area (Å²) >= 11 is 0. The van der Waals surface area contributed by atoms with E-state index in [9.17, 15) is 4.79 Å². The quantitative estimate of drug-likeness (QED) is 0.455. The molecule has 0 atom stereocenters. The normalized spacial score (nSPS) is 10.9. The molecule has 2 aromatic carbocycles. The maximum absolute atomic E-state index is 12.0. The highest BCUT2D eigenvalue weighted by Crippen LogP contribution is 2.32. The standard InChI is InChI=1S/C24H24N4O2/c1-3-30-22(29)15-14-20-24(23(26-25-20)19-12-8-5-9-13-19)28-21(16-17(2)27-28)18-10-6-4-7-11-18/h4-13,16H,3,14-15H2,1-2H3,(H,25,26). The van der Waals surface area contributed by atoms with E-state index in [1.165, 1.54) is 0 Å². The van der Waals surface area contributed by atoms with Crippen molar-refractivity contribution in [2.75, 3.05) is 6.61 Å². The van der Waals surface area contributed by atoms with Gasteiger partial charge < -0.3 is 4.74 Å². The fourth-order valence-corrected chi connectivity index (χ4v) is 3.52. The minimum atomic E-state index is -0.223. The van der Waals surface area contributed by atoms with Gasteiger partial charge in [0, 0.05) is 17.5 Å². The number of H-pyrrole nitrogens is 1. The Bertz CT molecular complexity index is 1130. The van der Waals surface area contributed by atoms with Crippen LogP contribution in [0.4, 0.5) is 0 Å². The molecule has 2 heterocycles. The van der Waals surface area contributed by atoms with Crippen LogP contribution in [-0.2, 0) is 16.0 Å². The molecule has 2 aromatic heterocycles. The first-order valence-corrected chi connectivity index (χ1v) is 10.1. The summed E-state index contributed by atoms with van der Waals surface area (Å²) in [7, 11) is 0. The molecule has 0 saturated carbocycles. The predicted octanol–water partition coefficient (Wildman–Crippen LogP) is 4.73. The maximum Gasteiger partial charge on any atom is 0.306 e. The van der Waals surface area contributed by atoms with Gasteiger partial charge in [-0.3, -0.25) is 9.89 Å². The van der Waals surface area contributed by atoms with Crippen molar-refractivity contribution in [1.82, 2.24) is 20.0 Å². The molecule has 0 saturated heterocycles. The Labute approximate surface area is 175 Å². The van der Waals surface area contributed by atoms with Crippen LogP contribution >= 0.6 is 0 Å². The molecule has 0 aliphatic rings. The van der Waals surface area contributed by atoms with Gasteiger partial charge in [-0.05, 0) is 19.9 Å². The lowest BCUT2D eigenvalue weighted by molar-refractivity contribution is -0.143. The second-order valence-corrected chi connectivity index (χ2v) is 7.02. The van der Waals surface area contributed by atoms with Crippen LogP contribution in [-0.4, -0.2) is 32.6 Å². The number of nitrogens with zero attached hydrogens (tertiary/aromatic N) is 3. The number of hydrogen-bond acceptors (Lipinski definition) is 4. The molecule has 0 unspecified atom stereocenters. The molecule has 0 radical (unpaired) electrons. The van der Waals surface area contributed by atoms with E-state index in [-0.39, 0.29) is 12.4 Å².